The molecule has 1 aromatic heterocycles. The number of nitrogens with zero attached hydrogens (tertiary/aromatic N) is 4. The Balaban J connectivity index is 3.02. The summed E-state index contributed by atoms with van der Waals surface area (Å²) in [7, 11) is 0. The third kappa shape index (κ3) is 2.03. The Labute approximate surface area is 130 Å². The zero-order valence-electron chi connectivity index (χ0n) is 9.91. The van der Waals surface area contributed by atoms with Gasteiger partial charge in [0.2, 0.25) is 0 Å². The normalized spacial score (nSPS) is 14.4. The second-order valence-electron chi connectivity index (χ2n) is 3.81. The van der Waals surface area contributed by atoms with Gasteiger partial charge in [-0.1, -0.05) is 0 Å². The van der Waals surface area contributed by atoms with Gasteiger partial charge in [0.05, 0.1) is 14.9 Å². The molecule has 0 spiro atoms. The van der Waals surface area contributed by atoms with E-state index in [0.29, 0.717) is 3.79 Å². The molecule has 0 N–H and O–H groups in total. The van der Waals surface area contributed by atoms with Crippen LogP contribution in [0.3, 0.4) is 0 Å². The molecule has 1 heterocycles. The summed E-state index contributed by atoms with van der Waals surface area (Å²) < 4.78 is 29.6. The van der Waals surface area contributed by atoms with Crippen LogP contribution in [-0.2, 0) is 0 Å². The molecule has 0 saturated heterocycles. The number of thiophene rings is 1. The highest BCUT2D eigenvalue weighted by atomic mass is 79.9. The number of hydrogen-bond acceptors (Lipinski definition) is 5. The highest BCUT2D eigenvalue weighted by molar-refractivity contribution is 9.11. The first kappa shape index (κ1) is 14.9. The number of nitriles is 4. The van der Waals surface area contributed by atoms with Crippen molar-refractivity contribution in [3.63, 3.8) is 0 Å². The van der Waals surface area contributed by atoms with E-state index in [-0.39, 0.29) is 10.4 Å². The van der Waals surface area contributed by atoms with Crippen LogP contribution in [-0.4, -0.2) is 5.92 Å². The third-order valence-corrected chi connectivity index (χ3v) is 4.43. The molecule has 0 saturated carbocycles. The Bertz CT molecular complexity index is 780. The summed E-state index contributed by atoms with van der Waals surface area (Å²) >= 11 is 4.04. The molecular weight excluding hydrogens is 362 g/mol. The largest absolute Gasteiger partial charge is 0.304 e. The lowest BCUT2D eigenvalue weighted by Gasteiger charge is -2.14. The fourth-order valence-electron chi connectivity index (χ4n) is 2.00. The number of halogens is 3. The van der Waals surface area contributed by atoms with Crippen molar-refractivity contribution in [1.82, 2.24) is 0 Å². The lowest BCUT2D eigenvalue weighted by Crippen LogP contribution is -2.16. The van der Waals surface area contributed by atoms with Gasteiger partial charge in [-0.25, -0.2) is 0 Å². The quantitative estimate of drug-likeness (QED) is 0.656. The molecule has 2 rings (SSSR count). The van der Waals surface area contributed by atoms with Crippen LogP contribution in [0.2, 0.25) is 0 Å². The molecular formula is C13HBrF2N4S. The molecule has 0 aliphatic heterocycles. The molecule has 0 fully saturated rings. The minimum Gasteiger partial charge on any atom is -0.196 e. The van der Waals surface area contributed by atoms with Crippen LogP contribution in [0, 0.1) is 45.3 Å². The zero-order chi connectivity index (χ0) is 15.8. The van der Waals surface area contributed by atoms with E-state index in [9.17, 15) is 8.78 Å². The van der Waals surface area contributed by atoms with Crippen molar-refractivity contribution in [3.05, 3.63) is 31.4 Å². The molecule has 4 nitrogen and oxygen atoms in total. The summed E-state index contributed by atoms with van der Waals surface area (Å²) in [6, 6.07) is 7.09. The van der Waals surface area contributed by atoms with Gasteiger partial charge in [-0.2, -0.15) is 29.8 Å². The van der Waals surface area contributed by atoms with Gasteiger partial charge in [0, 0.05) is 10.4 Å². The number of alkyl halides is 2. The molecule has 8 heteroatoms. The molecule has 100 valence electrons. The first-order valence-electron chi connectivity index (χ1n) is 5.20. The van der Waals surface area contributed by atoms with E-state index >= 15 is 0 Å². The van der Waals surface area contributed by atoms with Crippen molar-refractivity contribution in [2.75, 3.05) is 0 Å². The van der Waals surface area contributed by atoms with E-state index in [1.54, 1.807) is 0 Å². The Morgan fingerprint density at radius 3 is 1.95 bits per heavy atom. The average Bonchev–Trinajstić information content (AvgIpc) is 2.89. The van der Waals surface area contributed by atoms with E-state index in [1.807, 2.05) is 0 Å². The lowest BCUT2D eigenvalue weighted by atomic mass is 9.99. The monoisotopic (exact) mass is 362 g/mol. The second kappa shape index (κ2) is 5.11. The SMILES string of the molecule is N#CC(C#N)=C1c2cc(Br)sc2C(=C(C#N)C#N)C1(F)F. The van der Waals surface area contributed by atoms with Crippen LogP contribution < -0.4 is 0 Å². The van der Waals surface area contributed by atoms with Crippen LogP contribution in [0.15, 0.2) is 21.0 Å². The van der Waals surface area contributed by atoms with E-state index in [2.05, 4.69) is 15.9 Å². The van der Waals surface area contributed by atoms with E-state index < -0.39 is 28.2 Å². The lowest BCUT2D eigenvalue weighted by molar-refractivity contribution is 0.138. The minimum atomic E-state index is -3.73. The van der Waals surface area contributed by atoms with Crippen molar-refractivity contribution in [3.8, 4) is 24.3 Å². The highest BCUT2D eigenvalue weighted by Gasteiger charge is 2.52. The Morgan fingerprint density at radius 2 is 1.48 bits per heavy atom. The van der Waals surface area contributed by atoms with Crippen molar-refractivity contribution < 1.29 is 8.78 Å². The van der Waals surface area contributed by atoms with Gasteiger partial charge in [-0.3, -0.25) is 0 Å². The van der Waals surface area contributed by atoms with Crippen molar-refractivity contribution in [2.24, 2.45) is 0 Å². The summed E-state index contributed by atoms with van der Waals surface area (Å²) in [6.07, 6.45) is 0. The molecule has 1 aliphatic rings. The smallest absolute Gasteiger partial charge is 0.196 e. The van der Waals surface area contributed by atoms with E-state index in [1.165, 1.54) is 30.3 Å². The van der Waals surface area contributed by atoms with Gasteiger partial charge in [0.25, 0.3) is 0 Å². The van der Waals surface area contributed by atoms with Crippen LogP contribution in [0.5, 0.6) is 0 Å². The fraction of sp³-hybridized carbons (Fsp3) is 0.0769. The Hall–Kier alpha value is -2.52. The molecule has 0 atom stereocenters. The van der Waals surface area contributed by atoms with Gasteiger partial charge in [0.1, 0.15) is 35.4 Å². The number of hydrogen-bond donors (Lipinski definition) is 0. The Kier molecular flexibility index (Phi) is 3.62. The van der Waals surface area contributed by atoms with Gasteiger partial charge in [-0.05, 0) is 22.0 Å². The van der Waals surface area contributed by atoms with E-state index in [4.69, 9.17) is 21.0 Å². The van der Waals surface area contributed by atoms with Gasteiger partial charge in [0.15, 0.2) is 0 Å². The van der Waals surface area contributed by atoms with Gasteiger partial charge >= 0.3 is 5.92 Å². The van der Waals surface area contributed by atoms with Crippen LogP contribution >= 0.6 is 27.3 Å². The number of allylic oxidation sites excluding steroid dienone is 4. The summed E-state index contributed by atoms with van der Waals surface area (Å²) in [5.74, 6) is -3.73. The minimum absolute atomic E-state index is 0.00650. The van der Waals surface area contributed by atoms with Crippen molar-refractivity contribution in [2.45, 2.75) is 5.92 Å². The predicted molar refractivity (Wildman–Crippen MR) is 73.3 cm³/mol. The molecule has 21 heavy (non-hydrogen) atoms. The Morgan fingerprint density at radius 1 is 1.00 bits per heavy atom. The van der Waals surface area contributed by atoms with Crippen LogP contribution in [0.1, 0.15) is 10.4 Å². The van der Waals surface area contributed by atoms with Gasteiger partial charge < -0.3 is 0 Å². The average molecular weight is 363 g/mol. The van der Waals surface area contributed by atoms with E-state index in [0.717, 1.165) is 11.3 Å². The molecule has 0 bridgehead atoms. The second-order valence-corrected chi connectivity index (χ2v) is 6.25. The topological polar surface area (TPSA) is 95.2 Å². The first-order chi connectivity index (χ1) is 9.92. The molecule has 0 aromatic carbocycles. The summed E-state index contributed by atoms with van der Waals surface area (Å²) in [4.78, 5) is 0.0166. The first-order valence-corrected chi connectivity index (χ1v) is 6.81. The summed E-state index contributed by atoms with van der Waals surface area (Å²) in [6.45, 7) is 0. The maximum Gasteiger partial charge on any atom is 0.304 e. The standard InChI is InChI=1S/C13HBrF2N4S/c14-9-1-8-10(6(2-17)3-18)13(15,16)11(12(8)21-9)7(4-19)5-20/h1H. The number of fused-ring (bicyclic) bond motifs is 1. The maximum atomic E-state index is 14.6. The highest BCUT2D eigenvalue weighted by Crippen LogP contribution is 2.57. The predicted octanol–water partition coefficient (Wildman–Crippen LogP) is 3.76. The molecule has 0 radical (unpaired) electrons. The molecule has 0 amide bonds. The fourth-order valence-corrected chi connectivity index (χ4v) is 3.69. The summed E-state index contributed by atoms with van der Waals surface area (Å²) in [5.41, 5.74) is -3.00. The van der Waals surface area contributed by atoms with Crippen molar-refractivity contribution >= 4 is 38.4 Å². The molecule has 1 aliphatic carbocycles. The summed E-state index contributed by atoms with van der Waals surface area (Å²) in [5, 5.41) is 35.5. The maximum absolute atomic E-state index is 14.6. The van der Waals surface area contributed by atoms with Crippen LogP contribution in [0.4, 0.5) is 8.78 Å². The third-order valence-electron chi connectivity index (χ3n) is 2.77. The number of rotatable bonds is 0. The van der Waals surface area contributed by atoms with Gasteiger partial charge in [-0.15, -0.1) is 11.3 Å². The van der Waals surface area contributed by atoms with Crippen molar-refractivity contribution in [1.29, 1.82) is 21.0 Å². The van der Waals surface area contributed by atoms with Crippen LogP contribution in [0.25, 0.3) is 11.1 Å². The molecule has 1 aromatic rings. The molecule has 0 unspecified atom stereocenters. The zero-order valence-corrected chi connectivity index (χ0v) is 12.3.